The third kappa shape index (κ3) is 8.75. The Kier molecular flexibility index (Phi) is 10.6. The van der Waals surface area contributed by atoms with Crippen molar-refractivity contribution < 1.29 is 16.8 Å². The van der Waals surface area contributed by atoms with E-state index < -0.39 is 20.0 Å². The van der Waals surface area contributed by atoms with E-state index in [1.54, 1.807) is 11.8 Å². The van der Waals surface area contributed by atoms with Crippen LogP contribution in [0.3, 0.4) is 0 Å². The second-order valence-electron chi connectivity index (χ2n) is 6.69. The van der Waals surface area contributed by atoms with Gasteiger partial charge in [-0.3, -0.25) is 4.99 Å². The first-order valence-electron chi connectivity index (χ1n) is 10.0. The van der Waals surface area contributed by atoms with Gasteiger partial charge in [0.05, 0.1) is 15.5 Å². The van der Waals surface area contributed by atoms with Gasteiger partial charge in [0.25, 0.3) is 10.0 Å². The first-order chi connectivity index (χ1) is 16.1. The Balaban J connectivity index is 1.90. The molecule has 0 radical (unpaired) electrons. The Morgan fingerprint density at radius 3 is 2.50 bits per heavy atom. The van der Waals surface area contributed by atoms with E-state index in [1.807, 2.05) is 12.3 Å². The van der Waals surface area contributed by atoms with Gasteiger partial charge in [0.1, 0.15) is 0 Å². The lowest BCUT2D eigenvalue weighted by molar-refractivity contribution is 0.580. The Labute approximate surface area is 207 Å². The summed E-state index contributed by atoms with van der Waals surface area (Å²) >= 11 is 2.92. The van der Waals surface area contributed by atoms with Crippen LogP contribution in [-0.4, -0.2) is 59.6 Å². The van der Waals surface area contributed by atoms with E-state index in [0.29, 0.717) is 29.6 Å². The van der Waals surface area contributed by atoms with Crippen molar-refractivity contribution in [3.05, 3.63) is 35.3 Å². The minimum Gasteiger partial charge on any atom is -0.370 e. The van der Waals surface area contributed by atoms with E-state index >= 15 is 0 Å². The average molecular weight is 549 g/mol. The number of guanidine groups is 2. The predicted molar refractivity (Wildman–Crippen MR) is 137 cm³/mol. The second kappa shape index (κ2) is 12.9. The number of hydrogen-bond acceptors (Lipinski definition) is 9. The smallest absolute Gasteiger partial charge is 0.264 e. The molecule has 0 fully saturated rings. The summed E-state index contributed by atoms with van der Waals surface area (Å²) < 4.78 is 54.9. The van der Waals surface area contributed by atoms with Crippen molar-refractivity contribution in [2.24, 2.45) is 21.5 Å². The van der Waals surface area contributed by atoms with Crippen LogP contribution in [0.15, 0.2) is 49.4 Å². The summed E-state index contributed by atoms with van der Waals surface area (Å²) in [5.74, 6) is 1.28. The molecule has 0 unspecified atom stereocenters. The number of benzene rings is 1. The van der Waals surface area contributed by atoms with E-state index in [-0.39, 0.29) is 28.3 Å². The number of nitrogens with two attached hydrogens (primary N) is 2. The number of aromatic nitrogens is 1. The first kappa shape index (κ1) is 27.8. The molecule has 16 heteroatoms. The summed E-state index contributed by atoms with van der Waals surface area (Å²) in [4.78, 5) is 11.8. The first-order valence-corrected chi connectivity index (χ1v) is 15.0. The molecule has 1 heterocycles. The fourth-order valence-corrected chi connectivity index (χ4v) is 6.31. The molecule has 0 amide bonds. The summed E-state index contributed by atoms with van der Waals surface area (Å²) in [5.41, 5.74) is 11.5. The molecule has 0 aliphatic rings. The maximum atomic E-state index is 12.8. The van der Waals surface area contributed by atoms with E-state index in [1.165, 1.54) is 36.6 Å². The fraction of sp³-hybridized carbons (Fsp3) is 0.389. The molecule has 0 saturated heterocycles. The van der Waals surface area contributed by atoms with E-state index in [2.05, 4.69) is 29.7 Å². The minimum atomic E-state index is -4.05. The predicted octanol–water partition coefficient (Wildman–Crippen LogP) is 0.523. The van der Waals surface area contributed by atoms with E-state index in [9.17, 15) is 16.8 Å². The Hall–Kier alpha value is -2.40. The highest BCUT2D eigenvalue weighted by Gasteiger charge is 2.20. The Morgan fingerprint density at radius 1 is 1.15 bits per heavy atom. The normalized spacial score (nSPS) is 12.4. The van der Waals surface area contributed by atoms with Crippen LogP contribution in [-0.2, 0) is 25.8 Å². The van der Waals surface area contributed by atoms with Crippen LogP contribution < -0.4 is 26.2 Å². The molecule has 0 bridgehead atoms. The number of hydrogen-bond donors (Lipinski definition) is 5. The molecule has 34 heavy (non-hydrogen) atoms. The number of thiazole rings is 1. The maximum Gasteiger partial charge on any atom is 0.264 e. The number of nitrogens with zero attached hydrogens (tertiary/aromatic N) is 3. The molecule has 188 valence electrons. The molecule has 2 rings (SSSR count). The van der Waals surface area contributed by atoms with Crippen molar-refractivity contribution in [3.8, 4) is 0 Å². The van der Waals surface area contributed by atoms with Gasteiger partial charge in [0.15, 0.2) is 5.96 Å². The maximum absolute atomic E-state index is 12.8. The van der Waals surface area contributed by atoms with Gasteiger partial charge in [-0.1, -0.05) is 13.0 Å². The van der Waals surface area contributed by atoms with Gasteiger partial charge >= 0.3 is 0 Å². The summed E-state index contributed by atoms with van der Waals surface area (Å²) in [6.07, 6.45) is 0.613. The van der Waals surface area contributed by atoms with Crippen LogP contribution in [0.25, 0.3) is 0 Å². The second-order valence-corrected chi connectivity index (χ2v) is 12.1. The Bertz CT molecular complexity index is 1220. The van der Waals surface area contributed by atoms with Crippen LogP contribution in [0.5, 0.6) is 0 Å². The number of nitrogens with one attached hydrogen (secondary N) is 3. The summed E-state index contributed by atoms with van der Waals surface area (Å²) in [5, 5.41) is 5.27. The van der Waals surface area contributed by atoms with Crippen LogP contribution >= 0.6 is 23.1 Å². The quantitative estimate of drug-likeness (QED) is 0.143. The Morgan fingerprint density at radius 2 is 1.85 bits per heavy atom. The van der Waals surface area contributed by atoms with Gasteiger partial charge < -0.3 is 16.8 Å². The van der Waals surface area contributed by atoms with Crippen molar-refractivity contribution in [1.82, 2.24) is 19.7 Å². The largest absolute Gasteiger partial charge is 0.370 e. The summed E-state index contributed by atoms with van der Waals surface area (Å²) in [6.45, 7) is 2.51. The highest BCUT2D eigenvalue weighted by atomic mass is 32.2. The van der Waals surface area contributed by atoms with Crippen molar-refractivity contribution in [1.29, 1.82) is 0 Å². The number of rotatable bonds is 12. The monoisotopic (exact) mass is 548 g/mol. The SMILES string of the molecule is CCCNS(=O)(=O)c1cccc(S(=O)(=O)NC(=NC)NCCSCc2csc(N=C(N)N)n2)c1. The van der Waals surface area contributed by atoms with E-state index in [4.69, 9.17) is 11.5 Å². The van der Waals surface area contributed by atoms with Gasteiger partial charge in [-0.15, -0.1) is 11.3 Å². The molecule has 0 aliphatic carbocycles. The number of thioether (sulfide) groups is 1. The standard InChI is InChI=1S/C18H28N8O4S4/c1-3-7-23-33(27,28)14-5-4-6-15(10-14)34(29,30)26-17(21-2)22-8-9-31-11-13-12-32-18(24-13)25-16(19)20/h4-6,10,12,23H,3,7-9,11H2,1-2H3,(H2,21,22,26)(H4,19,20,24,25). The van der Waals surface area contributed by atoms with Crippen molar-refractivity contribution in [3.63, 3.8) is 0 Å². The lowest BCUT2D eigenvalue weighted by atomic mass is 10.4. The fourth-order valence-electron chi connectivity index (χ4n) is 2.42. The molecular weight excluding hydrogens is 521 g/mol. The number of sulfonamides is 2. The molecule has 2 aromatic rings. The lowest BCUT2D eigenvalue weighted by Gasteiger charge is -2.13. The highest BCUT2D eigenvalue weighted by molar-refractivity contribution is 7.98. The molecule has 0 atom stereocenters. The molecule has 7 N–H and O–H groups in total. The molecule has 1 aromatic heterocycles. The van der Waals surface area contributed by atoms with Gasteiger partial charge in [-0.2, -0.15) is 16.8 Å². The highest BCUT2D eigenvalue weighted by Crippen LogP contribution is 2.21. The zero-order valence-corrected chi connectivity index (χ0v) is 22.0. The molecule has 0 saturated carbocycles. The van der Waals surface area contributed by atoms with Crippen LogP contribution in [0.1, 0.15) is 19.0 Å². The van der Waals surface area contributed by atoms with Gasteiger partial charge in [0, 0.05) is 37.0 Å². The molecule has 1 aromatic carbocycles. The molecule has 12 nitrogen and oxygen atoms in total. The number of aliphatic imine (C=N–C) groups is 2. The summed E-state index contributed by atoms with van der Waals surface area (Å²) in [7, 11) is -6.42. The van der Waals surface area contributed by atoms with E-state index in [0.717, 1.165) is 11.8 Å². The zero-order valence-electron chi connectivity index (χ0n) is 18.7. The lowest BCUT2D eigenvalue weighted by Crippen LogP contribution is -2.41. The van der Waals surface area contributed by atoms with Crippen molar-refractivity contribution >= 4 is 60.2 Å². The van der Waals surface area contributed by atoms with Crippen LogP contribution in [0.4, 0.5) is 5.13 Å². The van der Waals surface area contributed by atoms with Crippen molar-refractivity contribution in [2.75, 3.05) is 25.9 Å². The van der Waals surface area contributed by atoms with Crippen molar-refractivity contribution in [2.45, 2.75) is 28.9 Å². The third-order valence-corrected chi connectivity index (χ3v) is 8.55. The van der Waals surface area contributed by atoms with Crippen LogP contribution in [0, 0.1) is 0 Å². The topological polar surface area (TPSA) is 194 Å². The minimum absolute atomic E-state index is 0.0432. The van der Waals surface area contributed by atoms with Crippen LogP contribution in [0.2, 0.25) is 0 Å². The summed E-state index contributed by atoms with van der Waals surface area (Å²) in [6, 6.07) is 5.13. The van der Waals surface area contributed by atoms with Gasteiger partial charge in [0.2, 0.25) is 21.1 Å². The molecule has 0 aliphatic heterocycles. The zero-order chi connectivity index (χ0) is 25.2. The van der Waals surface area contributed by atoms with Gasteiger partial charge in [-0.05, 0) is 24.6 Å². The van der Waals surface area contributed by atoms with Gasteiger partial charge in [-0.25, -0.2) is 31.3 Å². The molecule has 0 spiro atoms. The molecular formula is C18H28N8O4S4. The third-order valence-electron chi connectivity index (χ3n) is 3.98. The average Bonchev–Trinajstić information content (AvgIpc) is 3.23.